The van der Waals surface area contributed by atoms with Crippen molar-refractivity contribution in [1.29, 1.82) is 0 Å². The molecule has 1 aromatic heterocycles. The number of halogens is 1. The second-order valence-corrected chi connectivity index (χ2v) is 6.97. The van der Waals surface area contributed by atoms with Gasteiger partial charge in [-0.3, -0.25) is 24.2 Å². The standard InChI is InChI=1S/C20H17ClN2O4/c21-15-8-3-4-9-16(15)22(20(26)17-10-5-11-27-17)12-23-18(24)13-6-1-2-7-14(13)19(23)25/h1-5,8-11,13-14H,6-7,12H2/t13-,14-/m1/s1. The summed E-state index contributed by atoms with van der Waals surface area (Å²) in [6, 6.07) is 9.93. The van der Waals surface area contributed by atoms with Gasteiger partial charge in [-0.1, -0.05) is 35.9 Å². The van der Waals surface area contributed by atoms with Gasteiger partial charge in [0.05, 0.1) is 28.8 Å². The molecule has 1 aliphatic heterocycles. The molecule has 2 heterocycles. The Bertz CT molecular complexity index is 896. The van der Waals surface area contributed by atoms with E-state index in [1.165, 1.54) is 17.2 Å². The van der Waals surface area contributed by atoms with Crippen LogP contribution in [0.3, 0.4) is 0 Å². The maximum atomic E-state index is 13.0. The van der Waals surface area contributed by atoms with Crippen LogP contribution in [0.1, 0.15) is 23.4 Å². The number of nitrogens with zero attached hydrogens (tertiary/aromatic N) is 2. The molecule has 2 atom stereocenters. The summed E-state index contributed by atoms with van der Waals surface area (Å²) in [4.78, 5) is 41.0. The number of allylic oxidation sites excluding steroid dienone is 2. The predicted octanol–water partition coefficient (Wildman–Crippen LogP) is 3.49. The molecule has 6 nitrogen and oxygen atoms in total. The van der Waals surface area contributed by atoms with Crippen LogP contribution in [0, 0.1) is 11.8 Å². The summed E-state index contributed by atoms with van der Waals surface area (Å²) < 4.78 is 5.22. The van der Waals surface area contributed by atoms with E-state index in [1.807, 2.05) is 12.2 Å². The van der Waals surface area contributed by atoms with Gasteiger partial charge < -0.3 is 4.42 Å². The minimum atomic E-state index is -0.471. The van der Waals surface area contributed by atoms with Gasteiger partial charge in [-0.2, -0.15) is 0 Å². The van der Waals surface area contributed by atoms with Crippen molar-refractivity contribution in [3.05, 3.63) is 65.6 Å². The second kappa shape index (κ2) is 7.04. The van der Waals surface area contributed by atoms with Crippen molar-refractivity contribution >= 4 is 35.0 Å². The number of para-hydroxylation sites is 1. The molecule has 4 rings (SSSR count). The Labute approximate surface area is 161 Å². The van der Waals surface area contributed by atoms with Crippen LogP contribution in [0.5, 0.6) is 0 Å². The van der Waals surface area contributed by atoms with Crippen LogP contribution in [-0.4, -0.2) is 29.3 Å². The fourth-order valence-corrected chi connectivity index (χ4v) is 3.84. The molecule has 0 unspecified atom stereocenters. The maximum absolute atomic E-state index is 13.0. The summed E-state index contributed by atoms with van der Waals surface area (Å²) in [5.41, 5.74) is 0.411. The number of carbonyl (C=O) groups excluding carboxylic acids is 3. The van der Waals surface area contributed by atoms with E-state index in [2.05, 4.69) is 0 Å². The zero-order valence-corrected chi connectivity index (χ0v) is 15.1. The molecule has 138 valence electrons. The molecule has 0 radical (unpaired) electrons. The lowest BCUT2D eigenvalue weighted by molar-refractivity contribution is -0.139. The monoisotopic (exact) mass is 384 g/mol. The number of benzene rings is 1. The molecule has 7 heteroatoms. The van der Waals surface area contributed by atoms with Crippen LogP contribution in [0.4, 0.5) is 5.69 Å². The quantitative estimate of drug-likeness (QED) is 0.597. The minimum Gasteiger partial charge on any atom is -0.459 e. The number of rotatable bonds is 4. The number of amides is 3. The zero-order chi connectivity index (χ0) is 19.0. The Balaban J connectivity index is 1.68. The summed E-state index contributed by atoms with van der Waals surface area (Å²) >= 11 is 6.28. The lowest BCUT2D eigenvalue weighted by atomic mass is 9.85. The Hall–Kier alpha value is -2.86. The molecule has 2 aromatic rings. The second-order valence-electron chi connectivity index (χ2n) is 6.56. The normalized spacial score (nSPS) is 21.4. The number of imide groups is 1. The molecule has 1 fully saturated rings. The van der Waals surface area contributed by atoms with Gasteiger partial charge in [0.25, 0.3) is 5.91 Å². The lowest BCUT2D eigenvalue weighted by Crippen LogP contribution is -2.45. The van der Waals surface area contributed by atoms with Gasteiger partial charge in [0, 0.05) is 0 Å². The van der Waals surface area contributed by atoms with E-state index in [4.69, 9.17) is 16.0 Å². The minimum absolute atomic E-state index is 0.105. The van der Waals surface area contributed by atoms with E-state index in [1.54, 1.807) is 30.3 Å². The van der Waals surface area contributed by atoms with Crippen LogP contribution in [-0.2, 0) is 9.59 Å². The highest BCUT2D eigenvalue weighted by atomic mass is 35.5. The third-order valence-corrected chi connectivity index (χ3v) is 5.32. The molecular weight excluding hydrogens is 368 g/mol. The van der Waals surface area contributed by atoms with Gasteiger partial charge in [0.1, 0.15) is 6.67 Å². The van der Waals surface area contributed by atoms with Crippen LogP contribution < -0.4 is 4.90 Å². The van der Waals surface area contributed by atoms with Crippen LogP contribution in [0.2, 0.25) is 5.02 Å². The molecule has 3 amide bonds. The number of carbonyl (C=O) groups is 3. The molecule has 2 aliphatic rings. The average molecular weight is 385 g/mol. The predicted molar refractivity (Wildman–Crippen MR) is 99.0 cm³/mol. The van der Waals surface area contributed by atoms with Gasteiger partial charge in [-0.15, -0.1) is 0 Å². The Morgan fingerprint density at radius 1 is 1.07 bits per heavy atom. The highest BCUT2D eigenvalue weighted by Gasteiger charge is 2.48. The molecule has 1 aromatic carbocycles. The first-order chi connectivity index (χ1) is 13.1. The van der Waals surface area contributed by atoms with E-state index >= 15 is 0 Å². The number of fused-ring (bicyclic) bond motifs is 1. The van der Waals surface area contributed by atoms with Crippen molar-refractivity contribution in [2.75, 3.05) is 11.6 Å². The van der Waals surface area contributed by atoms with Crippen molar-refractivity contribution in [2.45, 2.75) is 12.8 Å². The third-order valence-electron chi connectivity index (χ3n) is 5.00. The number of likely N-dealkylation sites (tertiary alicyclic amines) is 1. The Morgan fingerprint density at radius 3 is 2.33 bits per heavy atom. The Morgan fingerprint density at radius 2 is 1.74 bits per heavy atom. The van der Waals surface area contributed by atoms with Gasteiger partial charge in [0.2, 0.25) is 11.8 Å². The van der Waals surface area contributed by atoms with Crippen LogP contribution >= 0.6 is 11.6 Å². The topological polar surface area (TPSA) is 70.8 Å². The highest BCUT2D eigenvalue weighted by molar-refractivity contribution is 6.34. The lowest BCUT2D eigenvalue weighted by Gasteiger charge is -2.27. The molecule has 1 aliphatic carbocycles. The molecule has 0 saturated carbocycles. The first kappa shape index (κ1) is 17.5. The number of anilines is 1. The van der Waals surface area contributed by atoms with Gasteiger partial charge in [0.15, 0.2) is 5.76 Å². The third kappa shape index (κ3) is 3.06. The number of furan rings is 1. The zero-order valence-electron chi connectivity index (χ0n) is 14.4. The first-order valence-corrected chi connectivity index (χ1v) is 9.06. The summed E-state index contributed by atoms with van der Waals surface area (Å²) in [6.45, 7) is -0.200. The van der Waals surface area contributed by atoms with Crippen molar-refractivity contribution in [1.82, 2.24) is 4.90 Å². The molecule has 1 saturated heterocycles. The van der Waals surface area contributed by atoms with Crippen molar-refractivity contribution in [3.63, 3.8) is 0 Å². The fraction of sp³-hybridized carbons (Fsp3) is 0.250. The van der Waals surface area contributed by atoms with Crippen molar-refractivity contribution in [2.24, 2.45) is 11.8 Å². The first-order valence-electron chi connectivity index (χ1n) is 8.68. The molecule has 0 N–H and O–H groups in total. The molecule has 27 heavy (non-hydrogen) atoms. The number of hydrogen-bond acceptors (Lipinski definition) is 4. The SMILES string of the molecule is O=C1[C@@H]2CC=CC[C@H]2C(=O)N1CN(C(=O)c1ccco1)c1ccccc1Cl. The van der Waals surface area contributed by atoms with E-state index in [0.717, 1.165) is 4.90 Å². The average Bonchev–Trinajstić information content (AvgIpc) is 3.30. The van der Waals surface area contributed by atoms with Crippen molar-refractivity contribution in [3.8, 4) is 0 Å². The van der Waals surface area contributed by atoms with E-state index < -0.39 is 5.91 Å². The highest BCUT2D eigenvalue weighted by Crippen LogP contribution is 2.36. The van der Waals surface area contributed by atoms with Crippen LogP contribution in [0.25, 0.3) is 0 Å². The Kier molecular flexibility index (Phi) is 4.58. The largest absolute Gasteiger partial charge is 0.459 e. The van der Waals surface area contributed by atoms with Gasteiger partial charge in [-0.25, -0.2) is 0 Å². The summed E-state index contributed by atoms with van der Waals surface area (Å²) in [5, 5.41) is 0.343. The summed E-state index contributed by atoms with van der Waals surface area (Å²) in [6.07, 6.45) is 6.34. The van der Waals surface area contributed by atoms with Crippen LogP contribution in [0.15, 0.2) is 59.2 Å². The molecule has 0 spiro atoms. The smallest absolute Gasteiger partial charge is 0.295 e. The molecular formula is C20H17ClN2O4. The van der Waals surface area contributed by atoms with E-state index in [9.17, 15) is 14.4 Å². The summed E-state index contributed by atoms with van der Waals surface area (Å²) in [7, 11) is 0. The molecule has 0 bridgehead atoms. The van der Waals surface area contributed by atoms with Gasteiger partial charge in [-0.05, 0) is 37.1 Å². The fourth-order valence-electron chi connectivity index (χ4n) is 3.60. The maximum Gasteiger partial charge on any atom is 0.295 e. The van der Waals surface area contributed by atoms with Crippen molar-refractivity contribution < 1.29 is 18.8 Å². The van der Waals surface area contributed by atoms with E-state index in [0.29, 0.717) is 23.6 Å². The van der Waals surface area contributed by atoms with Gasteiger partial charge >= 0.3 is 0 Å². The van der Waals surface area contributed by atoms with E-state index in [-0.39, 0.29) is 36.1 Å². The number of hydrogen-bond donors (Lipinski definition) is 0. The summed E-state index contributed by atoms with van der Waals surface area (Å²) in [5.74, 6) is -1.57.